The fourth-order valence-corrected chi connectivity index (χ4v) is 1.76. The largest absolute Gasteiger partial charge is 0.336 e. The zero-order chi connectivity index (χ0) is 12.8. The smallest absolute Gasteiger partial charge is 0.272 e. The summed E-state index contributed by atoms with van der Waals surface area (Å²) in [7, 11) is 0. The van der Waals surface area contributed by atoms with Gasteiger partial charge in [0.05, 0.1) is 12.0 Å². The molecule has 1 aromatic rings. The zero-order valence-electron chi connectivity index (χ0n) is 9.85. The minimum absolute atomic E-state index is 0.143. The minimum Gasteiger partial charge on any atom is -0.336 e. The predicted octanol–water partition coefficient (Wildman–Crippen LogP) is 2.47. The molecule has 0 aliphatic carbocycles. The molecule has 17 heavy (non-hydrogen) atoms. The van der Waals surface area contributed by atoms with Gasteiger partial charge in [-0.25, -0.2) is 4.98 Å². The van der Waals surface area contributed by atoms with Crippen molar-refractivity contribution in [3.8, 4) is 6.07 Å². The van der Waals surface area contributed by atoms with Crippen molar-refractivity contribution in [3.63, 3.8) is 0 Å². The van der Waals surface area contributed by atoms with Crippen molar-refractivity contribution >= 4 is 21.8 Å². The predicted molar refractivity (Wildman–Crippen MR) is 68.3 cm³/mol. The maximum atomic E-state index is 12.1. The van der Waals surface area contributed by atoms with E-state index in [1.165, 1.54) is 0 Å². The molecule has 1 rings (SSSR count). The number of hydrogen-bond acceptors (Lipinski definition) is 3. The highest BCUT2D eigenvalue weighted by Gasteiger charge is 2.17. The van der Waals surface area contributed by atoms with E-state index >= 15 is 0 Å². The number of rotatable bonds is 4. The lowest BCUT2D eigenvalue weighted by Gasteiger charge is -2.21. The number of nitriles is 1. The van der Waals surface area contributed by atoms with Crippen molar-refractivity contribution in [2.75, 3.05) is 13.1 Å². The molecule has 1 amide bonds. The second-order valence-electron chi connectivity index (χ2n) is 3.72. The molecule has 0 N–H and O–H groups in total. The van der Waals surface area contributed by atoms with E-state index in [2.05, 4.69) is 27.0 Å². The Hall–Kier alpha value is -1.41. The Morgan fingerprint density at radius 3 is 2.88 bits per heavy atom. The molecule has 0 fully saturated rings. The van der Waals surface area contributed by atoms with Gasteiger partial charge < -0.3 is 4.90 Å². The lowest BCUT2D eigenvalue weighted by molar-refractivity contribution is 0.0746. The van der Waals surface area contributed by atoms with Crippen molar-refractivity contribution in [2.45, 2.75) is 13.8 Å². The molecule has 0 spiro atoms. The van der Waals surface area contributed by atoms with E-state index in [1.54, 1.807) is 30.0 Å². The van der Waals surface area contributed by atoms with Gasteiger partial charge in [0.15, 0.2) is 0 Å². The summed E-state index contributed by atoms with van der Waals surface area (Å²) in [6.07, 6.45) is 0. The molecule has 0 aliphatic heterocycles. The number of nitrogens with zero attached hydrogens (tertiary/aromatic N) is 3. The van der Waals surface area contributed by atoms with E-state index in [0.29, 0.717) is 23.4 Å². The van der Waals surface area contributed by atoms with Crippen LogP contribution in [0.2, 0.25) is 0 Å². The van der Waals surface area contributed by atoms with Gasteiger partial charge in [-0.15, -0.1) is 0 Å². The summed E-state index contributed by atoms with van der Waals surface area (Å²) in [6.45, 7) is 4.68. The quantitative estimate of drug-likeness (QED) is 0.802. The van der Waals surface area contributed by atoms with Crippen molar-refractivity contribution in [1.82, 2.24) is 9.88 Å². The number of carbonyl (C=O) groups is 1. The summed E-state index contributed by atoms with van der Waals surface area (Å²) in [4.78, 5) is 17.9. The molecule has 5 heteroatoms. The lowest BCUT2D eigenvalue weighted by Crippen LogP contribution is -2.34. The van der Waals surface area contributed by atoms with Crippen LogP contribution >= 0.6 is 15.9 Å². The fourth-order valence-electron chi connectivity index (χ4n) is 1.42. The SMILES string of the molecule is CCN(CC(C)C#N)C(=O)c1cccc(Br)n1. The molecule has 0 bridgehead atoms. The highest BCUT2D eigenvalue weighted by Crippen LogP contribution is 2.10. The van der Waals surface area contributed by atoms with Crippen LogP contribution < -0.4 is 0 Å². The summed E-state index contributed by atoms with van der Waals surface area (Å²) in [6, 6.07) is 7.34. The number of hydrogen-bond donors (Lipinski definition) is 0. The summed E-state index contributed by atoms with van der Waals surface area (Å²) >= 11 is 3.23. The van der Waals surface area contributed by atoms with Gasteiger partial charge in [0.1, 0.15) is 10.3 Å². The van der Waals surface area contributed by atoms with Crippen LogP contribution in [0, 0.1) is 17.2 Å². The first-order valence-electron chi connectivity index (χ1n) is 5.40. The third kappa shape index (κ3) is 3.82. The van der Waals surface area contributed by atoms with Crippen molar-refractivity contribution < 1.29 is 4.79 Å². The molecular formula is C12H14BrN3O. The van der Waals surface area contributed by atoms with Crippen molar-refractivity contribution in [3.05, 3.63) is 28.5 Å². The number of pyridine rings is 1. The average Bonchev–Trinajstić information content (AvgIpc) is 2.34. The molecule has 4 nitrogen and oxygen atoms in total. The third-order valence-electron chi connectivity index (χ3n) is 2.32. The number of halogens is 1. The Morgan fingerprint density at radius 1 is 1.65 bits per heavy atom. The van der Waals surface area contributed by atoms with Gasteiger partial charge in [-0.3, -0.25) is 4.79 Å². The Balaban J connectivity index is 2.83. The summed E-state index contributed by atoms with van der Waals surface area (Å²) in [5.41, 5.74) is 0.395. The molecule has 0 aromatic carbocycles. The molecule has 1 atom stereocenters. The highest BCUT2D eigenvalue weighted by atomic mass is 79.9. The standard InChI is InChI=1S/C12H14BrN3O/c1-3-16(8-9(2)7-14)12(17)10-5-4-6-11(13)15-10/h4-6,9H,3,8H2,1-2H3. The van der Waals surface area contributed by atoms with Crippen LogP contribution in [0.25, 0.3) is 0 Å². The van der Waals surface area contributed by atoms with Crippen LogP contribution in [0.15, 0.2) is 22.8 Å². The van der Waals surface area contributed by atoms with E-state index in [0.717, 1.165) is 0 Å². The topological polar surface area (TPSA) is 57.0 Å². The second-order valence-corrected chi connectivity index (χ2v) is 4.53. The number of aromatic nitrogens is 1. The molecular weight excluding hydrogens is 282 g/mol. The van der Waals surface area contributed by atoms with Gasteiger partial charge in [0, 0.05) is 13.1 Å². The van der Waals surface area contributed by atoms with Crippen molar-refractivity contribution in [2.24, 2.45) is 5.92 Å². The first kappa shape index (κ1) is 13.7. The van der Waals surface area contributed by atoms with Gasteiger partial charge in [0.25, 0.3) is 5.91 Å². The zero-order valence-corrected chi connectivity index (χ0v) is 11.4. The summed E-state index contributed by atoms with van der Waals surface area (Å²) in [5.74, 6) is -0.318. The summed E-state index contributed by atoms with van der Waals surface area (Å²) < 4.78 is 0.632. The Kier molecular flexibility index (Phi) is 5.11. The Labute approximate surface area is 109 Å². The van der Waals surface area contributed by atoms with Crippen LogP contribution in [0.3, 0.4) is 0 Å². The molecule has 0 aliphatic rings. The van der Waals surface area contributed by atoms with E-state index in [9.17, 15) is 4.79 Å². The monoisotopic (exact) mass is 295 g/mol. The molecule has 1 unspecified atom stereocenters. The Morgan fingerprint density at radius 2 is 2.35 bits per heavy atom. The van der Waals surface area contributed by atoms with E-state index in [-0.39, 0.29) is 11.8 Å². The number of carbonyl (C=O) groups excluding carboxylic acids is 1. The molecule has 0 radical (unpaired) electrons. The van der Waals surface area contributed by atoms with Crippen LogP contribution in [0.4, 0.5) is 0 Å². The van der Waals surface area contributed by atoms with Gasteiger partial charge in [0.2, 0.25) is 0 Å². The van der Waals surface area contributed by atoms with E-state index < -0.39 is 0 Å². The van der Waals surface area contributed by atoms with Crippen molar-refractivity contribution in [1.29, 1.82) is 5.26 Å². The normalized spacial score (nSPS) is 11.6. The summed E-state index contributed by atoms with van der Waals surface area (Å²) in [5, 5.41) is 8.76. The second kappa shape index (κ2) is 6.36. The molecule has 0 saturated carbocycles. The highest BCUT2D eigenvalue weighted by molar-refractivity contribution is 9.10. The van der Waals surface area contributed by atoms with Crippen LogP contribution in [-0.4, -0.2) is 28.9 Å². The first-order chi connectivity index (χ1) is 8.08. The van der Waals surface area contributed by atoms with Crippen LogP contribution in [0.5, 0.6) is 0 Å². The molecule has 0 saturated heterocycles. The van der Waals surface area contributed by atoms with Gasteiger partial charge >= 0.3 is 0 Å². The maximum absolute atomic E-state index is 12.1. The van der Waals surface area contributed by atoms with Crippen LogP contribution in [-0.2, 0) is 0 Å². The minimum atomic E-state index is -0.175. The van der Waals surface area contributed by atoms with Gasteiger partial charge in [-0.2, -0.15) is 5.26 Å². The lowest BCUT2D eigenvalue weighted by atomic mass is 10.2. The maximum Gasteiger partial charge on any atom is 0.272 e. The average molecular weight is 296 g/mol. The molecule has 1 aromatic heterocycles. The molecule has 1 heterocycles. The number of amides is 1. The molecule has 90 valence electrons. The van der Waals surface area contributed by atoms with Gasteiger partial charge in [-0.05, 0) is 41.9 Å². The van der Waals surface area contributed by atoms with Crippen LogP contribution in [0.1, 0.15) is 24.3 Å². The first-order valence-corrected chi connectivity index (χ1v) is 6.19. The Bertz CT molecular complexity index is 442. The fraction of sp³-hybridized carbons (Fsp3) is 0.417. The third-order valence-corrected chi connectivity index (χ3v) is 2.76. The van der Waals surface area contributed by atoms with E-state index in [1.807, 2.05) is 6.92 Å². The van der Waals surface area contributed by atoms with Gasteiger partial charge in [-0.1, -0.05) is 6.07 Å². The van der Waals surface area contributed by atoms with E-state index in [4.69, 9.17) is 5.26 Å².